The summed E-state index contributed by atoms with van der Waals surface area (Å²) >= 11 is 5.80. The van der Waals surface area contributed by atoms with Gasteiger partial charge < -0.3 is 9.47 Å². The van der Waals surface area contributed by atoms with Crippen LogP contribution in [0.15, 0.2) is 24.3 Å². The average Bonchev–Trinajstić information content (AvgIpc) is 2.96. The Hall–Kier alpha value is -1.80. The van der Waals surface area contributed by atoms with E-state index in [0.717, 1.165) is 7.11 Å². The van der Waals surface area contributed by atoms with Gasteiger partial charge in [-0.05, 0) is 24.6 Å². The topological polar surface area (TPSA) is 64.6 Å². The van der Waals surface area contributed by atoms with Crippen LogP contribution in [0.25, 0.3) is 0 Å². The normalized spacial score (nSPS) is 26.3. The molecule has 25 heavy (non-hydrogen) atoms. The van der Waals surface area contributed by atoms with Crippen LogP contribution in [0, 0.1) is 11.8 Å². The van der Waals surface area contributed by atoms with Crippen LogP contribution in [0.1, 0.15) is 18.5 Å². The lowest BCUT2D eigenvalue weighted by molar-refractivity contribution is -0.200. The third-order valence-corrected chi connectivity index (χ3v) is 4.34. The van der Waals surface area contributed by atoms with Crippen molar-refractivity contribution in [2.45, 2.75) is 25.2 Å². The summed E-state index contributed by atoms with van der Waals surface area (Å²) in [7, 11) is 0.992. The highest BCUT2D eigenvalue weighted by Gasteiger charge is 2.62. The molecule has 0 radical (unpaired) electrons. The molecule has 1 fully saturated rings. The molecule has 0 bridgehead atoms. The van der Waals surface area contributed by atoms with E-state index in [4.69, 9.17) is 16.3 Å². The molecule has 0 unspecified atom stereocenters. The predicted octanol–water partition coefficient (Wildman–Crippen LogP) is 2.88. The van der Waals surface area contributed by atoms with Crippen molar-refractivity contribution in [1.82, 2.24) is 5.32 Å². The summed E-state index contributed by atoms with van der Waals surface area (Å²) in [5.41, 5.74) is 0.392. The van der Waals surface area contributed by atoms with Gasteiger partial charge in [0.15, 0.2) is 0 Å². The Morgan fingerprint density at radius 1 is 1.20 bits per heavy atom. The van der Waals surface area contributed by atoms with Crippen LogP contribution in [0.4, 0.5) is 13.2 Å². The fraction of sp³-hybridized carbons (Fsp3) is 0.500. The third kappa shape index (κ3) is 4.07. The molecule has 5 nitrogen and oxygen atoms in total. The van der Waals surface area contributed by atoms with Crippen LogP contribution in [0.3, 0.4) is 0 Å². The maximum absolute atomic E-state index is 13.6. The molecule has 9 heteroatoms. The number of carbonyl (C=O) groups is 2. The van der Waals surface area contributed by atoms with Gasteiger partial charge in [-0.15, -0.1) is 0 Å². The minimum atomic E-state index is -4.80. The van der Waals surface area contributed by atoms with Crippen molar-refractivity contribution in [1.29, 1.82) is 0 Å². The van der Waals surface area contributed by atoms with Crippen LogP contribution in [0.2, 0.25) is 5.02 Å². The van der Waals surface area contributed by atoms with Gasteiger partial charge in [-0.2, -0.15) is 13.2 Å². The molecule has 1 saturated heterocycles. The number of rotatable bonds is 4. The fourth-order valence-electron chi connectivity index (χ4n) is 3.04. The number of hydrogen-bond donors (Lipinski definition) is 1. The Morgan fingerprint density at radius 3 is 2.28 bits per heavy atom. The second kappa shape index (κ2) is 7.61. The van der Waals surface area contributed by atoms with Gasteiger partial charge >= 0.3 is 18.1 Å². The Balaban J connectivity index is 2.50. The molecule has 1 aliphatic rings. The molecular formula is C16H17ClF3NO4. The van der Waals surface area contributed by atoms with Gasteiger partial charge in [0.1, 0.15) is 6.04 Å². The Kier molecular flexibility index (Phi) is 5.95. The van der Waals surface area contributed by atoms with Gasteiger partial charge in [-0.3, -0.25) is 14.9 Å². The summed E-state index contributed by atoms with van der Waals surface area (Å²) in [6.45, 7) is 1.42. The van der Waals surface area contributed by atoms with Crippen molar-refractivity contribution in [2.24, 2.45) is 11.8 Å². The molecular weight excluding hydrogens is 363 g/mol. The molecule has 2 rings (SSSR count). The van der Waals surface area contributed by atoms with Crippen molar-refractivity contribution in [2.75, 3.05) is 13.7 Å². The zero-order valence-corrected chi connectivity index (χ0v) is 14.2. The molecule has 1 aromatic rings. The Labute approximate surface area is 147 Å². The number of nitrogens with one attached hydrogen (secondary N) is 1. The van der Waals surface area contributed by atoms with E-state index in [1.165, 1.54) is 31.2 Å². The number of esters is 2. The summed E-state index contributed by atoms with van der Waals surface area (Å²) in [5.74, 6) is -6.00. The van der Waals surface area contributed by atoms with E-state index in [2.05, 4.69) is 10.1 Å². The maximum Gasteiger partial charge on any atom is 0.394 e. The molecule has 4 atom stereocenters. The second-order valence-corrected chi connectivity index (χ2v) is 5.98. The molecule has 0 spiro atoms. The molecule has 1 aliphatic heterocycles. The monoisotopic (exact) mass is 379 g/mol. The zero-order chi connectivity index (χ0) is 18.8. The lowest BCUT2D eigenvalue weighted by Gasteiger charge is -2.25. The standard InChI is InChI=1S/C16H17ClF3NO4/c1-3-25-14(22)10-11(16(18,19)20)13(15(23)24-2)21-12(10)8-4-6-9(17)7-5-8/h4-7,10-13,21H,3H2,1-2H3/t10-,11-,12+,13+/m0/s1. The fourth-order valence-corrected chi connectivity index (χ4v) is 3.17. The average molecular weight is 380 g/mol. The summed E-state index contributed by atoms with van der Waals surface area (Å²) < 4.78 is 50.2. The number of hydrogen-bond acceptors (Lipinski definition) is 5. The van der Waals surface area contributed by atoms with Gasteiger partial charge in [0.2, 0.25) is 0 Å². The molecule has 0 amide bonds. The number of alkyl halides is 3. The Bertz CT molecular complexity index is 635. The number of methoxy groups -OCH3 is 1. The van der Waals surface area contributed by atoms with Crippen LogP contribution in [-0.2, 0) is 19.1 Å². The van der Waals surface area contributed by atoms with Crippen LogP contribution < -0.4 is 5.32 Å². The van der Waals surface area contributed by atoms with Crippen molar-refractivity contribution in [3.63, 3.8) is 0 Å². The summed E-state index contributed by atoms with van der Waals surface area (Å²) in [6.07, 6.45) is -4.80. The van der Waals surface area contributed by atoms with Crippen LogP contribution in [-0.4, -0.2) is 37.9 Å². The maximum atomic E-state index is 13.6. The smallest absolute Gasteiger partial charge is 0.394 e. The number of ether oxygens (including phenoxy) is 2. The van der Waals surface area contributed by atoms with Crippen molar-refractivity contribution >= 4 is 23.5 Å². The quantitative estimate of drug-likeness (QED) is 0.815. The first kappa shape index (κ1) is 19.5. The first-order valence-corrected chi connectivity index (χ1v) is 7.91. The van der Waals surface area contributed by atoms with Crippen molar-refractivity contribution < 1.29 is 32.2 Å². The minimum absolute atomic E-state index is 0.0733. The second-order valence-electron chi connectivity index (χ2n) is 5.54. The highest BCUT2D eigenvalue weighted by atomic mass is 35.5. The van der Waals surface area contributed by atoms with Crippen molar-refractivity contribution in [3.8, 4) is 0 Å². The van der Waals surface area contributed by atoms with Crippen LogP contribution >= 0.6 is 11.6 Å². The van der Waals surface area contributed by atoms with Gasteiger partial charge in [0.05, 0.1) is 25.6 Å². The van der Waals surface area contributed by atoms with E-state index in [1.807, 2.05) is 0 Å². The van der Waals surface area contributed by atoms with E-state index in [-0.39, 0.29) is 6.61 Å². The largest absolute Gasteiger partial charge is 0.468 e. The number of halogens is 4. The lowest BCUT2D eigenvalue weighted by atomic mass is 9.84. The van der Waals surface area contributed by atoms with E-state index in [1.54, 1.807) is 0 Å². The summed E-state index contributed by atoms with van der Waals surface area (Å²) in [4.78, 5) is 24.1. The van der Waals surface area contributed by atoms with Crippen molar-refractivity contribution in [3.05, 3.63) is 34.9 Å². The van der Waals surface area contributed by atoms with E-state index >= 15 is 0 Å². The third-order valence-electron chi connectivity index (χ3n) is 4.09. The first-order chi connectivity index (χ1) is 11.7. The predicted molar refractivity (Wildman–Crippen MR) is 82.8 cm³/mol. The minimum Gasteiger partial charge on any atom is -0.468 e. The summed E-state index contributed by atoms with van der Waals surface area (Å²) in [6, 6.07) is 3.22. The van der Waals surface area contributed by atoms with Crippen LogP contribution in [0.5, 0.6) is 0 Å². The molecule has 1 heterocycles. The first-order valence-electron chi connectivity index (χ1n) is 7.53. The molecule has 0 saturated carbocycles. The number of benzene rings is 1. The lowest BCUT2D eigenvalue weighted by Crippen LogP contribution is -2.45. The molecule has 1 aromatic carbocycles. The SMILES string of the molecule is CCOC(=O)[C@H]1[C@H](C(F)(F)F)[C@H](C(=O)OC)N[C@@H]1c1ccc(Cl)cc1. The molecule has 0 aliphatic carbocycles. The highest BCUT2D eigenvalue weighted by Crippen LogP contribution is 2.46. The van der Waals surface area contributed by atoms with E-state index < -0.39 is 42.0 Å². The zero-order valence-electron chi connectivity index (χ0n) is 13.5. The van der Waals surface area contributed by atoms with Gasteiger partial charge in [0.25, 0.3) is 0 Å². The summed E-state index contributed by atoms with van der Waals surface area (Å²) in [5, 5.41) is 2.98. The number of carbonyl (C=O) groups excluding carboxylic acids is 2. The molecule has 0 aromatic heterocycles. The molecule has 138 valence electrons. The van der Waals surface area contributed by atoms with Gasteiger partial charge in [-0.25, -0.2) is 0 Å². The molecule has 1 N–H and O–H groups in total. The van der Waals surface area contributed by atoms with Gasteiger partial charge in [0, 0.05) is 11.1 Å². The highest BCUT2D eigenvalue weighted by molar-refractivity contribution is 6.30. The van der Waals surface area contributed by atoms with E-state index in [9.17, 15) is 22.8 Å². The Morgan fingerprint density at radius 2 is 1.80 bits per heavy atom. The van der Waals surface area contributed by atoms with Gasteiger partial charge in [-0.1, -0.05) is 23.7 Å². The van der Waals surface area contributed by atoms with E-state index in [0.29, 0.717) is 10.6 Å².